The van der Waals surface area contributed by atoms with Crippen molar-refractivity contribution in [3.63, 3.8) is 0 Å². The zero-order valence-electron chi connectivity index (χ0n) is 19.6. The molecule has 5 atom stereocenters. The highest BCUT2D eigenvalue weighted by Crippen LogP contribution is 2.66. The second kappa shape index (κ2) is 10.0. The second-order valence-electron chi connectivity index (χ2n) is 9.57. The van der Waals surface area contributed by atoms with E-state index in [1.54, 1.807) is 16.7 Å². The maximum Gasteiger partial charge on any atom is 0.244 e. The van der Waals surface area contributed by atoms with Crippen molar-refractivity contribution >= 4 is 29.5 Å². The fourth-order valence-corrected chi connectivity index (χ4v) is 8.24. The summed E-state index contributed by atoms with van der Waals surface area (Å²) in [4.78, 5) is 42.3. The highest BCUT2D eigenvalue weighted by Gasteiger charge is 2.73. The van der Waals surface area contributed by atoms with E-state index < -0.39 is 22.6 Å². The first-order chi connectivity index (χ1) is 17.0. The highest BCUT2D eigenvalue weighted by atomic mass is 32.2. The third kappa shape index (κ3) is 4.34. The Morgan fingerprint density at radius 1 is 0.971 bits per heavy atom. The van der Waals surface area contributed by atoms with E-state index in [4.69, 9.17) is 0 Å². The summed E-state index contributed by atoms with van der Waals surface area (Å²) in [5.41, 5.74) is 1.99. The first-order valence-corrected chi connectivity index (χ1v) is 13.2. The van der Waals surface area contributed by atoms with Gasteiger partial charge in [-0.05, 0) is 30.4 Å². The molecule has 0 aliphatic carbocycles. The molecule has 0 saturated carbocycles. The van der Waals surface area contributed by atoms with Crippen LogP contribution in [0.25, 0.3) is 0 Å². The molecular weight excluding hydrogens is 462 g/mol. The first kappa shape index (κ1) is 23.9. The van der Waals surface area contributed by atoms with Gasteiger partial charge in [-0.1, -0.05) is 60.7 Å². The van der Waals surface area contributed by atoms with Crippen LogP contribution in [0.4, 0.5) is 0 Å². The van der Waals surface area contributed by atoms with Gasteiger partial charge < -0.3 is 20.6 Å². The number of hydrogen-bond donors (Lipinski definition) is 3. The number of likely N-dealkylation sites (tertiary alicyclic amines) is 1. The number of hydrogen-bond acceptors (Lipinski definition) is 5. The van der Waals surface area contributed by atoms with E-state index in [1.165, 1.54) is 0 Å². The Hall–Kier alpha value is -2.84. The van der Waals surface area contributed by atoms with Crippen LogP contribution in [0.15, 0.2) is 60.7 Å². The molecule has 2 aromatic carbocycles. The number of aliphatic hydroxyl groups is 1. The van der Waals surface area contributed by atoms with Crippen LogP contribution in [0.3, 0.4) is 0 Å². The van der Waals surface area contributed by atoms with Gasteiger partial charge in [-0.2, -0.15) is 0 Å². The van der Waals surface area contributed by atoms with E-state index >= 15 is 0 Å². The van der Waals surface area contributed by atoms with E-state index in [-0.39, 0.29) is 29.6 Å². The number of aliphatic hydroxyl groups excluding tert-OH is 1. The summed E-state index contributed by atoms with van der Waals surface area (Å²) < 4.78 is -0.604. The Morgan fingerprint density at radius 2 is 1.57 bits per heavy atom. The van der Waals surface area contributed by atoms with Crippen LogP contribution in [-0.2, 0) is 27.5 Å². The van der Waals surface area contributed by atoms with Crippen molar-refractivity contribution in [1.82, 2.24) is 15.5 Å². The third-order valence-corrected chi connectivity index (χ3v) is 9.48. The third-order valence-electron chi connectivity index (χ3n) is 7.53. The Labute approximate surface area is 209 Å². The quantitative estimate of drug-likeness (QED) is 0.497. The lowest BCUT2D eigenvalue weighted by molar-refractivity contribution is -0.140. The maximum atomic E-state index is 13.7. The van der Waals surface area contributed by atoms with Crippen molar-refractivity contribution in [1.29, 1.82) is 0 Å². The monoisotopic (exact) mass is 493 g/mol. The first-order valence-electron chi connectivity index (χ1n) is 12.3. The van der Waals surface area contributed by atoms with E-state index in [0.717, 1.165) is 24.0 Å². The molecule has 184 valence electrons. The lowest BCUT2D eigenvalue weighted by atomic mass is 9.70. The van der Waals surface area contributed by atoms with Crippen LogP contribution >= 0.6 is 11.8 Å². The topological polar surface area (TPSA) is 98.7 Å². The molecule has 2 bridgehead atoms. The molecule has 0 radical (unpaired) electrons. The zero-order chi connectivity index (χ0) is 24.4. The number of carbonyl (C=O) groups excluding carboxylic acids is 3. The van der Waals surface area contributed by atoms with Gasteiger partial charge in [-0.3, -0.25) is 14.4 Å². The van der Waals surface area contributed by atoms with Crippen molar-refractivity contribution in [2.24, 2.45) is 11.8 Å². The predicted molar refractivity (Wildman–Crippen MR) is 134 cm³/mol. The van der Waals surface area contributed by atoms with Gasteiger partial charge >= 0.3 is 0 Å². The molecular formula is C27H31N3O4S. The second-order valence-corrected chi connectivity index (χ2v) is 11.2. The van der Waals surface area contributed by atoms with E-state index in [9.17, 15) is 19.5 Å². The van der Waals surface area contributed by atoms with Gasteiger partial charge in [-0.15, -0.1) is 11.8 Å². The van der Waals surface area contributed by atoms with Crippen molar-refractivity contribution in [3.8, 4) is 0 Å². The summed E-state index contributed by atoms with van der Waals surface area (Å²) >= 11 is 1.66. The van der Waals surface area contributed by atoms with Gasteiger partial charge in [0.05, 0.1) is 16.6 Å². The van der Waals surface area contributed by atoms with Crippen molar-refractivity contribution < 1.29 is 19.5 Å². The molecule has 35 heavy (non-hydrogen) atoms. The number of nitrogens with zero attached hydrogens (tertiary/aromatic N) is 1. The number of thioether (sulfide) groups is 1. The van der Waals surface area contributed by atoms with Gasteiger partial charge in [0.25, 0.3) is 0 Å². The molecule has 3 N–H and O–H groups in total. The summed E-state index contributed by atoms with van der Waals surface area (Å²) in [5, 5.41) is 15.5. The number of nitrogens with one attached hydrogen (secondary N) is 2. The molecule has 3 aliphatic rings. The van der Waals surface area contributed by atoms with Gasteiger partial charge in [0.1, 0.15) is 6.04 Å². The van der Waals surface area contributed by atoms with Crippen LogP contribution in [0.5, 0.6) is 0 Å². The Bertz CT molecular complexity index is 1080. The summed E-state index contributed by atoms with van der Waals surface area (Å²) in [7, 11) is 0. The van der Waals surface area contributed by atoms with E-state index in [0.29, 0.717) is 26.1 Å². The van der Waals surface area contributed by atoms with Crippen LogP contribution in [0.1, 0.15) is 30.4 Å². The van der Waals surface area contributed by atoms with Crippen molar-refractivity contribution in [2.45, 2.75) is 48.4 Å². The number of carbonyl (C=O) groups is 3. The van der Waals surface area contributed by atoms with E-state index in [2.05, 4.69) is 10.6 Å². The molecule has 1 spiro atoms. The smallest absolute Gasteiger partial charge is 0.244 e. The average Bonchev–Trinajstić information content (AvgIpc) is 3.53. The van der Waals surface area contributed by atoms with E-state index in [1.807, 2.05) is 60.7 Å². The fourth-order valence-electron chi connectivity index (χ4n) is 6.02. The highest BCUT2D eigenvalue weighted by molar-refractivity contribution is 8.02. The van der Waals surface area contributed by atoms with Gasteiger partial charge in [0.2, 0.25) is 17.7 Å². The molecule has 7 nitrogen and oxygen atoms in total. The Morgan fingerprint density at radius 3 is 2.17 bits per heavy atom. The summed E-state index contributed by atoms with van der Waals surface area (Å²) in [6.07, 6.45) is 1.95. The summed E-state index contributed by atoms with van der Waals surface area (Å²) in [5.74, 6) is -1.39. The number of benzene rings is 2. The summed E-state index contributed by atoms with van der Waals surface area (Å²) in [6, 6.07) is 18.8. The molecule has 3 amide bonds. The van der Waals surface area contributed by atoms with Gasteiger partial charge in [0, 0.05) is 31.5 Å². The van der Waals surface area contributed by atoms with Gasteiger partial charge in [0.15, 0.2) is 0 Å². The normalized spacial score (nSPS) is 28.7. The minimum atomic E-state index is -0.641. The molecule has 2 unspecified atom stereocenters. The van der Waals surface area contributed by atoms with Gasteiger partial charge in [-0.25, -0.2) is 0 Å². The minimum Gasteiger partial charge on any atom is -0.396 e. The Balaban J connectivity index is 1.37. The molecule has 3 saturated heterocycles. The standard InChI is InChI=1S/C27H31N3O4S/c31-15-7-14-30-23(25(33)29-17-19-10-5-2-6-11-19)27-13-12-20(35-27)21(22(27)26(30)34)24(32)28-16-18-8-3-1-4-9-18/h1-6,8-11,20-23,31H,7,12-17H2,(H,28,32)(H,29,33)/t20-,21+,22+,23?,27?/m1/s1. The number of rotatable bonds is 9. The predicted octanol–water partition coefficient (Wildman–Crippen LogP) is 2.09. The van der Waals surface area contributed by atoms with Crippen LogP contribution in [0.2, 0.25) is 0 Å². The number of fused-ring (bicyclic) bond motifs is 1. The molecule has 8 heteroatoms. The molecule has 5 rings (SSSR count). The lowest BCUT2D eigenvalue weighted by Crippen LogP contribution is -2.53. The largest absolute Gasteiger partial charge is 0.396 e. The van der Waals surface area contributed by atoms with Crippen LogP contribution in [-0.4, -0.2) is 56.9 Å². The lowest BCUT2D eigenvalue weighted by Gasteiger charge is -2.34. The molecule has 3 aliphatic heterocycles. The SMILES string of the molecule is O=C(NCc1ccccc1)C1N(CCCO)C(=O)[C@@H]2[C@@H](C(=O)NCc3ccccc3)[C@H]3CCC12S3. The molecule has 0 aromatic heterocycles. The van der Waals surface area contributed by atoms with Crippen LogP contribution < -0.4 is 10.6 Å². The zero-order valence-corrected chi connectivity index (χ0v) is 20.4. The molecule has 2 aromatic rings. The number of amides is 3. The maximum absolute atomic E-state index is 13.7. The Kier molecular flexibility index (Phi) is 6.84. The molecule has 3 heterocycles. The average molecular weight is 494 g/mol. The minimum absolute atomic E-state index is 0.0316. The van der Waals surface area contributed by atoms with Crippen molar-refractivity contribution in [2.75, 3.05) is 13.2 Å². The summed E-state index contributed by atoms with van der Waals surface area (Å²) in [6.45, 7) is 1.04. The van der Waals surface area contributed by atoms with Crippen molar-refractivity contribution in [3.05, 3.63) is 71.8 Å². The fraction of sp³-hybridized carbons (Fsp3) is 0.444. The van der Waals surface area contributed by atoms with Crippen LogP contribution in [0, 0.1) is 11.8 Å². The molecule has 3 fully saturated rings.